The van der Waals surface area contributed by atoms with Crippen LogP contribution in [0.4, 0.5) is 5.69 Å². The lowest BCUT2D eigenvalue weighted by molar-refractivity contribution is 0.200. The molecule has 3 aromatic carbocycles. The van der Waals surface area contributed by atoms with Crippen molar-refractivity contribution in [2.24, 2.45) is 0 Å². The summed E-state index contributed by atoms with van der Waals surface area (Å²) in [4.78, 5) is 21.2. The molecule has 1 aliphatic heterocycles. The van der Waals surface area contributed by atoms with Gasteiger partial charge in [0.15, 0.2) is 5.82 Å². The number of methoxy groups -OCH3 is 1. The zero-order valence-electron chi connectivity index (χ0n) is 21.6. The number of phenolic OH excluding ortho intramolecular Hbond substituents is 1. The summed E-state index contributed by atoms with van der Waals surface area (Å²) in [5.41, 5.74) is 3.24. The molecule has 10 nitrogen and oxygen atoms in total. The number of tetrazole rings is 1. The molecule has 1 fully saturated rings. The zero-order chi connectivity index (χ0) is 26.8. The number of ether oxygens (including phenoxy) is 1. The molecule has 1 unspecified atom stereocenters. The minimum atomic E-state index is -0.444. The highest BCUT2D eigenvalue weighted by Gasteiger charge is 2.33. The number of nitrogens with zero attached hydrogens (tertiary/aromatic N) is 6. The van der Waals surface area contributed by atoms with Crippen LogP contribution >= 0.6 is 0 Å². The highest BCUT2D eigenvalue weighted by molar-refractivity contribution is 5.80. The van der Waals surface area contributed by atoms with Crippen molar-refractivity contribution in [1.29, 1.82) is 0 Å². The normalized spacial score (nSPS) is 14.9. The van der Waals surface area contributed by atoms with E-state index in [0.29, 0.717) is 42.3 Å². The molecule has 1 saturated heterocycles. The average Bonchev–Trinajstić information content (AvgIpc) is 3.42. The monoisotopic (exact) mass is 523 g/mol. The van der Waals surface area contributed by atoms with Crippen molar-refractivity contribution in [3.8, 4) is 11.5 Å². The summed E-state index contributed by atoms with van der Waals surface area (Å²) in [5.74, 6) is 1.55. The first kappa shape index (κ1) is 24.6. The molecular formula is C29H29N7O3. The van der Waals surface area contributed by atoms with E-state index in [2.05, 4.69) is 30.3 Å². The van der Waals surface area contributed by atoms with Crippen LogP contribution in [0.1, 0.15) is 23.0 Å². The van der Waals surface area contributed by atoms with Gasteiger partial charge in [-0.2, -0.15) is 0 Å². The minimum absolute atomic E-state index is 0.184. The molecule has 3 heterocycles. The van der Waals surface area contributed by atoms with E-state index in [0.717, 1.165) is 29.7 Å². The quantitative estimate of drug-likeness (QED) is 0.335. The second kappa shape index (κ2) is 10.6. The summed E-state index contributed by atoms with van der Waals surface area (Å²) >= 11 is 0. The van der Waals surface area contributed by atoms with Crippen LogP contribution in [0.5, 0.6) is 11.5 Å². The molecule has 0 spiro atoms. The van der Waals surface area contributed by atoms with Crippen LogP contribution in [0, 0.1) is 0 Å². The summed E-state index contributed by atoms with van der Waals surface area (Å²) in [6.45, 7) is 3.40. The number of phenols is 1. The van der Waals surface area contributed by atoms with Gasteiger partial charge in [-0.25, -0.2) is 4.68 Å². The van der Waals surface area contributed by atoms with Gasteiger partial charge in [0.1, 0.15) is 17.5 Å². The Morgan fingerprint density at radius 1 is 0.974 bits per heavy atom. The number of hydrogen-bond donors (Lipinski definition) is 2. The SMILES string of the molecule is COc1ccc2cc(C(c3nnnn3Cc3ccccc3)N3CCN(c4ccc(O)cc4)CC3)c(=O)[nH]c2c1. The van der Waals surface area contributed by atoms with E-state index in [1.807, 2.05) is 66.7 Å². The number of aromatic nitrogens is 5. The number of benzene rings is 3. The van der Waals surface area contributed by atoms with E-state index in [4.69, 9.17) is 4.74 Å². The van der Waals surface area contributed by atoms with Crippen LogP contribution < -0.4 is 15.2 Å². The number of pyridine rings is 1. The van der Waals surface area contributed by atoms with Gasteiger partial charge >= 0.3 is 0 Å². The van der Waals surface area contributed by atoms with Crippen molar-refractivity contribution in [2.45, 2.75) is 12.6 Å². The number of anilines is 1. The number of aromatic hydroxyl groups is 1. The van der Waals surface area contributed by atoms with Gasteiger partial charge in [-0.3, -0.25) is 9.69 Å². The minimum Gasteiger partial charge on any atom is -0.508 e. The molecule has 2 N–H and O–H groups in total. The van der Waals surface area contributed by atoms with E-state index in [9.17, 15) is 9.90 Å². The lowest BCUT2D eigenvalue weighted by Crippen LogP contribution is -2.49. The number of fused-ring (bicyclic) bond motifs is 1. The molecule has 0 saturated carbocycles. The van der Waals surface area contributed by atoms with Gasteiger partial charge in [0, 0.05) is 43.5 Å². The van der Waals surface area contributed by atoms with Gasteiger partial charge in [-0.1, -0.05) is 30.3 Å². The Balaban J connectivity index is 1.38. The summed E-state index contributed by atoms with van der Waals surface area (Å²) < 4.78 is 7.12. The van der Waals surface area contributed by atoms with Gasteiger partial charge in [-0.15, -0.1) is 5.10 Å². The van der Waals surface area contributed by atoms with Gasteiger partial charge in [0.2, 0.25) is 0 Å². The Hall–Kier alpha value is -4.70. The van der Waals surface area contributed by atoms with Crippen LogP contribution in [0.3, 0.4) is 0 Å². The molecule has 39 heavy (non-hydrogen) atoms. The maximum absolute atomic E-state index is 13.6. The molecule has 0 bridgehead atoms. The maximum Gasteiger partial charge on any atom is 0.253 e. The highest BCUT2D eigenvalue weighted by Crippen LogP contribution is 2.30. The first-order valence-electron chi connectivity index (χ1n) is 12.9. The Labute approximate surface area is 225 Å². The molecule has 5 aromatic rings. The maximum atomic E-state index is 13.6. The number of aromatic amines is 1. The fourth-order valence-corrected chi connectivity index (χ4v) is 5.20. The smallest absolute Gasteiger partial charge is 0.253 e. The molecule has 0 amide bonds. The zero-order valence-corrected chi connectivity index (χ0v) is 21.6. The van der Waals surface area contributed by atoms with Gasteiger partial charge in [0.05, 0.1) is 19.2 Å². The predicted octanol–water partition coefficient (Wildman–Crippen LogP) is 3.19. The lowest BCUT2D eigenvalue weighted by Gasteiger charge is -2.39. The third-order valence-electron chi connectivity index (χ3n) is 7.25. The van der Waals surface area contributed by atoms with E-state index in [1.165, 1.54) is 0 Å². The Kier molecular flexibility index (Phi) is 6.68. The molecule has 6 rings (SSSR count). The van der Waals surface area contributed by atoms with Crippen LogP contribution in [0.15, 0.2) is 83.7 Å². The van der Waals surface area contributed by atoms with Crippen molar-refractivity contribution in [1.82, 2.24) is 30.1 Å². The first-order valence-corrected chi connectivity index (χ1v) is 12.9. The summed E-state index contributed by atoms with van der Waals surface area (Å²) in [5, 5.41) is 23.3. The van der Waals surface area contributed by atoms with Crippen molar-refractivity contribution in [3.63, 3.8) is 0 Å². The van der Waals surface area contributed by atoms with Crippen molar-refractivity contribution in [3.05, 3.63) is 106 Å². The molecule has 1 atom stereocenters. The van der Waals surface area contributed by atoms with Crippen molar-refractivity contribution < 1.29 is 9.84 Å². The largest absolute Gasteiger partial charge is 0.508 e. The Bertz CT molecular complexity index is 1620. The molecule has 198 valence electrons. The van der Waals surface area contributed by atoms with Crippen molar-refractivity contribution in [2.75, 3.05) is 38.2 Å². The molecule has 2 aromatic heterocycles. The number of nitrogens with one attached hydrogen (secondary N) is 1. The van der Waals surface area contributed by atoms with Crippen LogP contribution in [0.2, 0.25) is 0 Å². The average molecular weight is 524 g/mol. The van der Waals surface area contributed by atoms with E-state index in [-0.39, 0.29) is 11.3 Å². The topological polar surface area (TPSA) is 112 Å². The fraction of sp³-hybridized carbons (Fsp3) is 0.241. The number of rotatable bonds is 7. The van der Waals surface area contributed by atoms with Crippen LogP contribution in [0.25, 0.3) is 10.9 Å². The second-order valence-corrected chi connectivity index (χ2v) is 9.63. The third kappa shape index (κ3) is 5.06. The summed E-state index contributed by atoms with van der Waals surface area (Å²) in [7, 11) is 1.61. The van der Waals surface area contributed by atoms with Gasteiger partial charge in [-0.05, 0) is 63.8 Å². The van der Waals surface area contributed by atoms with Crippen molar-refractivity contribution >= 4 is 16.6 Å². The van der Waals surface area contributed by atoms with Gasteiger partial charge < -0.3 is 19.7 Å². The fourth-order valence-electron chi connectivity index (χ4n) is 5.20. The molecule has 1 aliphatic rings. The molecule has 0 radical (unpaired) electrons. The lowest BCUT2D eigenvalue weighted by atomic mass is 10.0. The number of hydrogen-bond acceptors (Lipinski definition) is 8. The molecule has 10 heteroatoms. The van der Waals surface area contributed by atoms with Gasteiger partial charge in [0.25, 0.3) is 5.56 Å². The summed E-state index contributed by atoms with van der Waals surface area (Å²) in [6.07, 6.45) is 0. The number of piperazine rings is 1. The van der Waals surface area contributed by atoms with Crippen LogP contribution in [-0.4, -0.2) is 68.5 Å². The third-order valence-corrected chi connectivity index (χ3v) is 7.25. The Morgan fingerprint density at radius 3 is 2.49 bits per heavy atom. The first-order chi connectivity index (χ1) is 19.1. The highest BCUT2D eigenvalue weighted by atomic mass is 16.5. The van der Waals surface area contributed by atoms with Crippen LogP contribution in [-0.2, 0) is 6.54 Å². The standard InChI is InChI=1S/C29H29N7O3/c1-39-24-12-7-21-17-25(29(38)30-26(21)18-24)27(28-31-32-33-36(28)19-20-5-3-2-4-6-20)35-15-13-34(14-16-35)22-8-10-23(37)11-9-22/h2-12,17-18,27,37H,13-16,19H2,1H3,(H,30,38). The predicted molar refractivity (Wildman–Crippen MR) is 148 cm³/mol. The molecule has 0 aliphatic carbocycles. The Morgan fingerprint density at radius 2 is 1.74 bits per heavy atom. The van der Waals surface area contributed by atoms with E-state index >= 15 is 0 Å². The summed E-state index contributed by atoms with van der Waals surface area (Å²) in [6, 6.07) is 24.4. The van der Waals surface area contributed by atoms with E-state index < -0.39 is 6.04 Å². The second-order valence-electron chi connectivity index (χ2n) is 9.63. The number of H-pyrrole nitrogens is 1. The molecular weight excluding hydrogens is 494 g/mol. The van der Waals surface area contributed by atoms with E-state index in [1.54, 1.807) is 23.9 Å².